The fourth-order valence-electron chi connectivity index (χ4n) is 3.15. The van der Waals surface area contributed by atoms with Crippen LogP contribution in [0, 0.1) is 0 Å². The first kappa shape index (κ1) is 21.4. The summed E-state index contributed by atoms with van der Waals surface area (Å²) >= 11 is 1.31. The zero-order chi connectivity index (χ0) is 20.8. The van der Waals surface area contributed by atoms with Crippen molar-refractivity contribution in [3.05, 3.63) is 22.9 Å². The van der Waals surface area contributed by atoms with Crippen LogP contribution in [0.3, 0.4) is 0 Å². The van der Waals surface area contributed by atoms with E-state index in [9.17, 15) is 9.59 Å². The Kier molecular flexibility index (Phi) is 7.32. The monoisotopic (exact) mass is 421 g/mol. The lowest BCUT2D eigenvalue weighted by molar-refractivity contribution is -0.142. The van der Waals surface area contributed by atoms with E-state index in [1.54, 1.807) is 12.3 Å². The Morgan fingerprint density at radius 3 is 2.76 bits per heavy atom. The van der Waals surface area contributed by atoms with Gasteiger partial charge in [-0.3, -0.25) is 14.5 Å². The Morgan fingerprint density at radius 1 is 1.34 bits per heavy atom. The van der Waals surface area contributed by atoms with Gasteiger partial charge in [0, 0.05) is 17.2 Å². The van der Waals surface area contributed by atoms with Crippen molar-refractivity contribution in [3.63, 3.8) is 0 Å². The van der Waals surface area contributed by atoms with Crippen LogP contribution < -0.4 is 5.32 Å². The second-order valence-corrected chi connectivity index (χ2v) is 8.22. The second-order valence-electron chi connectivity index (χ2n) is 7.36. The first-order valence-corrected chi connectivity index (χ1v) is 10.8. The topological polar surface area (TPSA) is 110 Å². The Morgan fingerprint density at radius 2 is 2.10 bits per heavy atom. The van der Waals surface area contributed by atoms with Crippen LogP contribution in [0.25, 0.3) is 0 Å². The molecule has 158 valence electrons. The zero-order valence-electron chi connectivity index (χ0n) is 17.0. The van der Waals surface area contributed by atoms with Crippen molar-refractivity contribution in [1.29, 1.82) is 0 Å². The first-order valence-electron chi connectivity index (χ1n) is 9.90. The minimum absolute atomic E-state index is 0.111. The number of amides is 1. The number of aromatic nitrogens is 3. The van der Waals surface area contributed by atoms with Crippen molar-refractivity contribution < 1.29 is 18.7 Å². The number of nitrogens with one attached hydrogen (secondary N) is 1. The van der Waals surface area contributed by atoms with Gasteiger partial charge >= 0.3 is 5.97 Å². The van der Waals surface area contributed by atoms with Crippen LogP contribution in [0.15, 0.2) is 9.80 Å². The Balaban J connectivity index is 1.42. The van der Waals surface area contributed by atoms with E-state index in [-0.39, 0.29) is 30.1 Å². The molecule has 0 atom stereocenters. The number of piperidine rings is 1. The van der Waals surface area contributed by atoms with Crippen molar-refractivity contribution in [2.45, 2.75) is 51.9 Å². The second kappa shape index (κ2) is 9.93. The van der Waals surface area contributed by atoms with Crippen LogP contribution in [0.1, 0.15) is 62.9 Å². The van der Waals surface area contributed by atoms with Gasteiger partial charge in [-0.1, -0.05) is 13.8 Å². The number of anilines is 1. The van der Waals surface area contributed by atoms with Gasteiger partial charge in [0.1, 0.15) is 0 Å². The number of likely N-dealkylation sites (tertiary alicyclic amines) is 1. The number of hydrogen-bond donors (Lipinski definition) is 1. The normalized spacial score (nSPS) is 15.6. The number of hydrogen-bond acceptors (Lipinski definition) is 9. The molecule has 2 aromatic heterocycles. The molecule has 0 spiro atoms. The van der Waals surface area contributed by atoms with Gasteiger partial charge in [-0.25, -0.2) is 4.98 Å². The van der Waals surface area contributed by atoms with E-state index >= 15 is 0 Å². The smallest absolute Gasteiger partial charge is 0.311 e. The molecule has 0 bridgehead atoms. The molecular weight excluding hydrogens is 394 g/mol. The van der Waals surface area contributed by atoms with Gasteiger partial charge in [-0.2, -0.15) is 0 Å². The third-order valence-electron chi connectivity index (χ3n) is 4.68. The number of rotatable bonds is 8. The molecule has 3 rings (SSSR count). The van der Waals surface area contributed by atoms with E-state index < -0.39 is 0 Å². The van der Waals surface area contributed by atoms with Crippen LogP contribution in [0.4, 0.5) is 5.13 Å². The molecule has 3 heterocycles. The highest BCUT2D eigenvalue weighted by Gasteiger charge is 2.26. The summed E-state index contributed by atoms with van der Waals surface area (Å²) in [4.78, 5) is 30.2. The average molecular weight is 422 g/mol. The van der Waals surface area contributed by atoms with E-state index in [1.807, 2.05) is 13.8 Å². The first-order chi connectivity index (χ1) is 13.9. The largest absolute Gasteiger partial charge is 0.466 e. The number of carbonyl (C=O) groups is 2. The Bertz CT molecular complexity index is 826. The van der Waals surface area contributed by atoms with Gasteiger partial charge in [0.05, 0.1) is 25.3 Å². The van der Waals surface area contributed by atoms with E-state index in [0.29, 0.717) is 35.8 Å². The maximum Gasteiger partial charge on any atom is 0.311 e. The lowest BCUT2D eigenvalue weighted by atomic mass is 9.97. The summed E-state index contributed by atoms with van der Waals surface area (Å²) < 4.78 is 10.7. The summed E-state index contributed by atoms with van der Waals surface area (Å²) in [6.45, 7) is 8.06. The molecule has 2 aromatic rings. The molecule has 1 aliphatic rings. The molecule has 0 aromatic carbocycles. The zero-order valence-corrected chi connectivity index (χ0v) is 17.8. The summed E-state index contributed by atoms with van der Waals surface area (Å²) in [6, 6.07) is 0. The number of ether oxygens (including phenoxy) is 1. The van der Waals surface area contributed by atoms with Crippen molar-refractivity contribution in [2.75, 3.05) is 31.6 Å². The maximum atomic E-state index is 12.3. The van der Waals surface area contributed by atoms with Crippen LogP contribution >= 0.6 is 11.3 Å². The summed E-state index contributed by atoms with van der Waals surface area (Å²) in [6.07, 6.45) is 1.88. The van der Waals surface area contributed by atoms with Crippen LogP contribution in [-0.2, 0) is 20.7 Å². The molecule has 1 aliphatic heterocycles. The summed E-state index contributed by atoms with van der Waals surface area (Å²) in [5, 5.41) is 13.4. The minimum atomic E-state index is -0.319. The van der Waals surface area contributed by atoms with Gasteiger partial charge in [-0.05, 0) is 32.9 Å². The van der Waals surface area contributed by atoms with Crippen molar-refractivity contribution in [2.24, 2.45) is 0 Å². The van der Waals surface area contributed by atoms with Gasteiger partial charge in [-0.15, -0.1) is 21.5 Å². The standard InChI is InChI=1S/C19H27N5O4S/c1-4-27-16(26)9-14-11-29-19(20-14)21-15(25)10-24-7-5-13(6-8-24)18-23-22-17(28-18)12(2)3/h11-13H,4-10H2,1-3H3,(H,20,21,25). The van der Waals surface area contributed by atoms with Crippen LogP contribution in [0.2, 0.25) is 0 Å². The van der Waals surface area contributed by atoms with Gasteiger partial charge in [0.15, 0.2) is 5.13 Å². The lowest BCUT2D eigenvalue weighted by Gasteiger charge is -2.29. The minimum Gasteiger partial charge on any atom is -0.466 e. The third kappa shape index (κ3) is 6.07. The quantitative estimate of drug-likeness (QED) is 0.648. The summed E-state index contributed by atoms with van der Waals surface area (Å²) in [5.41, 5.74) is 0.602. The van der Waals surface area contributed by atoms with Gasteiger partial charge < -0.3 is 14.5 Å². The number of carbonyl (C=O) groups excluding carboxylic acids is 2. The number of thiazole rings is 1. The summed E-state index contributed by atoms with van der Waals surface area (Å²) in [7, 11) is 0. The molecule has 0 unspecified atom stereocenters. The number of esters is 1. The highest BCUT2D eigenvalue weighted by molar-refractivity contribution is 7.13. The van der Waals surface area contributed by atoms with E-state index in [4.69, 9.17) is 9.15 Å². The van der Waals surface area contributed by atoms with E-state index in [0.717, 1.165) is 25.9 Å². The fraction of sp³-hybridized carbons (Fsp3) is 0.632. The van der Waals surface area contributed by atoms with Crippen molar-refractivity contribution in [3.8, 4) is 0 Å². The average Bonchev–Trinajstić information content (AvgIpc) is 3.32. The summed E-state index contributed by atoms with van der Waals surface area (Å²) in [5.74, 6) is 1.42. The van der Waals surface area contributed by atoms with Gasteiger partial charge in [0.25, 0.3) is 0 Å². The maximum absolute atomic E-state index is 12.3. The molecule has 0 saturated carbocycles. The highest BCUT2D eigenvalue weighted by Crippen LogP contribution is 2.28. The number of nitrogens with zero attached hydrogens (tertiary/aromatic N) is 4. The molecule has 1 amide bonds. The predicted octanol–water partition coefficient (Wildman–Crippen LogP) is 2.57. The molecule has 0 radical (unpaired) electrons. The van der Waals surface area contributed by atoms with Gasteiger partial charge in [0.2, 0.25) is 17.7 Å². The van der Waals surface area contributed by atoms with Crippen molar-refractivity contribution in [1.82, 2.24) is 20.1 Å². The Hall–Kier alpha value is -2.33. The highest BCUT2D eigenvalue weighted by atomic mass is 32.1. The molecular formula is C19H27N5O4S. The molecule has 9 nitrogen and oxygen atoms in total. The molecule has 29 heavy (non-hydrogen) atoms. The molecule has 10 heteroatoms. The van der Waals surface area contributed by atoms with Crippen LogP contribution in [-0.4, -0.2) is 58.2 Å². The van der Waals surface area contributed by atoms with Crippen molar-refractivity contribution >= 4 is 28.3 Å². The molecule has 1 saturated heterocycles. The lowest BCUT2D eigenvalue weighted by Crippen LogP contribution is -2.38. The predicted molar refractivity (Wildman–Crippen MR) is 108 cm³/mol. The SMILES string of the molecule is CCOC(=O)Cc1csc(NC(=O)CN2CCC(c3nnc(C(C)C)o3)CC2)n1. The third-order valence-corrected chi connectivity index (χ3v) is 5.49. The van der Waals surface area contributed by atoms with E-state index in [2.05, 4.69) is 25.4 Å². The fourth-order valence-corrected chi connectivity index (χ4v) is 3.88. The molecule has 1 N–H and O–H groups in total. The molecule has 0 aliphatic carbocycles. The van der Waals surface area contributed by atoms with E-state index in [1.165, 1.54) is 11.3 Å². The Labute approximate surface area is 173 Å². The molecule has 1 fully saturated rings. The van der Waals surface area contributed by atoms with Crippen LogP contribution in [0.5, 0.6) is 0 Å².